The molecule has 0 spiro atoms. The van der Waals surface area contributed by atoms with Crippen molar-refractivity contribution in [1.29, 1.82) is 0 Å². The minimum atomic E-state index is -0.369. The molecule has 2 amide bonds. The molecule has 146 valence electrons. The number of thiophene rings is 1. The van der Waals surface area contributed by atoms with Gasteiger partial charge in [0, 0.05) is 47.4 Å². The maximum absolute atomic E-state index is 14.3. The maximum atomic E-state index is 14.3. The van der Waals surface area contributed by atoms with Gasteiger partial charge in [-0.3, -0.25) is 9.59 Å². The number of rotatable bonds is 5. The zero-order valence-corrected chi connectivity index (χ0v) is 17.2. The number of nitrogens with one attached hydrogen (secondary N) is 1. The molecule has 0 aliphatic heterocycles. The van der Waals surface area contributed by atoms with E-state index in [1.165, 1.54) is 29.4 Å². The van der Waals surface area contributed by atoms with E-state index in [1.807, 2.05) is 0 Å². The summed E-state index contributed by atoms with van der Waals surface area (Å²) in [5.74, 6) is -0.691. The van der Waals surface area contributed by atoms with Crippen LogP contribution < -0.4 is 5.32 Å². The van der Waals surface area contributed by atoms with Crippen molar-refractivity contribution in [3.63, 3.8) is 0 Å². The molecule has 3 aromatic rings. The van der Waals surface area contributed by atoms with Crippen molar-refractivity contribution >= 4 is 50.0 Å². The Bertz CT molecular complexity index is 1020. The molecule has 0 saturated heterocycles. The highest BCUT2D eigenvalue weighted by Gasteiger charge is 2.21. The summed E-state index contributed by atoms with van der Waals surface area (Å²) in [6.45, 7) is 0.145. The Hall–Kier alpha value is -2.42. The van der Waals surface area contributed by atoms with Crippen LogP contribution in [0.15, 0.2) is 47.4 Å². The zero-order chi connectivity index (χ0) is 20.3. The topological polar surface area (TPSA) is 58.6 Å². The predicted molar refractivity (Wildman–Crippen MR) is 112 cm³/mol. The van der Waals surface area contributed by atoms with Gasteiger partial charge >= 0.3 is 0 Å². The van der Waals surface area contributed by atoms with Crippen LogP contribution in [0.25, 0.3) is 10.1 Å². The van der Waals surface area contributed by atoms with Gasteiger partial charge in [0.2, 0.25) is 0 Å². The molecule has 0 fully saturated rings. The number of thioether (sulfide) groups is 1. The van der Waals surface area contributed by atoms with Gasteiger partial charge in [0.25, 0.3) is 11.1 Å². The van der Waals surface area contributed by atoms with Gasteiger partial charge in [-0.1, -0.05) is 6.07 Å². The molecule has 28 heavy (non-hydrogen) atoms. The zero-order valence-electron chi connectivity index (χ0n) is 15.6. The van der Waals surface area contributed by atoms with Gasteiger partial charge in [0.15, 0.2) is 0 Å². The lowest BCUT2D eigenvalue weighted by atomic mass is 10.1. The highest BCUT2D eigenvalue weighted by Crippen LogP contribution is 2.34. The second-order valence-electron chi connectivity index (χ2n) is 6.20. The largest absolute Gasteiger partial charge is 0.380 e. The third-order valence-corrected chi connectivity index (χ3v) is 6.18. The van der Waals surface area contributed by atoms with Crippen molar-refractivity contribution in [1.82, 2.24) is 4.90 Å². The molecular weight excluding hydrogens is 399 g/mol. The van der Waals surface area contributed by atoms with E-state index in [-0.39, 0.29) is 23.6 Å². The van der Waals surface area contributed by atoms with Gasteiger partial charge in [-0.15, -0.1) is 11.3 Å². The van der Waals surface area contributed by atoms with Crippen LogP contribution in [0.2, 0.25) is 0 Å². The fourth-order valence-electron chi connectivity index (χ4n) is 2.62. The Morgan fingerprint density at radius 1 is 1.18 bits per heavy atom. The molecule has 1 N–H and O–H groups in total. The predicted octanol–water partition coefficient (Wildman–Crippen LogP) is 5.21. The number of amides is 2. The number of carbonyl (C=O) groups is 2. The van der Waals surface area contributed by atoms with Crippen LogP contribution in [-0.2, 0) is 11.3 Å². The molecule has 0 aliphatic carbocycles. The summed E-state index contributed by atoms with van der Waals surface area (Å²) in [7, 11) is 4.89. The summed E-state index contributed by atoms with van der Waals surface area (Å²) in [6.07, 6.45) is 0. The van der Waals surface area contributed by atoms with E-state index in [9.17, 15) is 14.0 Å². The Morgan fingerprint density at radius 2 is 1.89 bits per heavy atom. The molecule has 3 rings (SSSR count). The SMILES string of the molecule is COCc1c(C(=O)Nc2ccc(SC(=O)N(C)C)cc2)sc2cccc(F)c12. The average Bonchev–Trinajstić information content (AvgIpc) is 3.03. The summed E-state index contributed by atoms with van der Waals surface area (Å²) in [5, 5.41) is 3.18. The first-order valence-electron chi connectivity index (χ1n) is 8.40. The summed E-state index contributed by atoms with van der Waals surface area (Å²) >= 11 is 2.34. The van der Waals surface area contributed by atoms with Gasteiger partial charge in [-0.2, -0.15) is 0 Å². The lowest BCUT2D eigenvalue weighted by Gasteiger charge is -2.10. The van der Waals surface area contributed by atoms with Gasteiger partial charge in [-0.25, -0.2) is 4.39 Å². The number of anilines is 1. The Balaban J connectivity index is 1.82. The number of methoxy groups -OCH3 is 1. The number of hydrogen-bond acceptors (Lipinski definition) is 5. The van der Waals surface area contributed by atoms with Crippen LogP contribution in [0.3, 0.4) is 0 Å². The Morgan fingerprint density at radius 3 is 2.54 bits per heavy atom. The van der Waals surface area contributed by atoms with Crippen molar-refractivity contribution in [2.45, 2.75) is 11.5 Å². The summed E-state index contributed by atoms with van der Waals surface area (Å²) in [5.41, 5.74) is 1.13. The normalized spacial score (nSPS) is 10.9. The molecule has 0 radical (unpaired) electrons. The Labute approximate surface area is 170 Å². The molecule has 1 aromatic heterocycles. The third kappa shape index (κ3) is 4.35. The minimum Gasteiger partial charge on any atom is -0.380 e. The van der Waals surface area contributed by atoms with Crippen LogP contribution in [0.1, 0.15) is 15.2 Å². The van der Waals surface area contributed by atoms with Crippen molar-refractivity contribution in [2.24, 2.45) is 0 Å². The van der Waals surface area contributed by atoms with Gasteiger partial charge < -0.3 is 15.0 Å². The van der Waals surface area contributed by atoms with Gasteiger partial charge in [0.05, 0.1) is 11.5 Å². The number of carbonyl (C=O) groups excluding carboxylic acids is 2. The third-order valence-electron chi connectivity index (χ3n) is 3.94. The molecule has 5 nitrogen and oxygen atoms in total. The van der Waals surface area contributed by atoms with Crippen molar-refractivity contribution < 1.29 is 18.7 Å². The van der Waals surface area contributed by atoms with E-state index >= 15 is 0 Å². The molecule has 0 unspecified atom stereocenters. The van der Waals surface area contributed by atoms with E-state index in [0.717, 1.165) is 16.7 Å². The van der Waals surface area contributed by atoms with Crippen molar-refractivity contribution in [3.8, 4) is 0 Å². The van der Waals surface area contributed by atoms with E-state index in [4.69, 9.17) is 4.74 Å². The van der Waals surface area contributed by atoms with Crippen LogP contribution in [0, 0.1) is 5.82 Å². The standard InChI is InChI=1S/C20H19FN2O3S2/c1-23(2)20(25)27-13-9-7-12(8-10-13)22-19(24)18-14(11-26-3)17-15(21)5-4-6-16(17)28-18/h4-10H,11H2,1-3H3,(H,22,24). The molecule has 8 heteroatoms. The molecular formula is C20H19FN2O3S2. The molecule has 0 atom stereocenters. The lowest BCUT2D eigenvalue weighted by molar-refractivity contribution is 0.102. The fraction of sp³-hybridized carbons (Fsp3) is 0.200. The van der Waals surface area contributed by atoms with Crippen LogP contribution in [0.5, 0.6) is 0 Å². The minimum absolute atomic E-state index is 0.0757. The summed E-state index contributed by atoms with van der Waals surface area (Å²) in [6, 6.07) is 11.8. The average molecular weight is 419 g/mol. The van der Waals surface area contributed by atoms with E-state index in [2.05, 4.69) is 5.32 Å². The lowest BCUT2D eigenvalue weighted by Crippen LogP contribution is -2.16. The molecule has 0 aliphatic rings. The molecule has 2 aromatic carbocycles. The second-order valence-corrected chi connectivity index (χ2v) is 8.27. The highest BCUT2D eigenvalue weighted by atomic mass is 32.2. The molecule has 1 heterocycles. The summed E-state index contributed by atoms with van der Waals surface area (Å²) < 4.78 is 20.1. The first kappa shape index (κ1) is 20.3. The Kier molecular flexibility index (Phi) is 6.33. The number of halogens is 1. The van der Waals surface area contributed by atoms with E-state index in [0.29, 0.717) is 26.2 Å². The van der Waals surface area contributed by atoms with Crippen molar-refractivity contribution in [3.05, 3.63) is 58.7 Å². The fourth-order valence-corrected chi connectivity index (χ4v) is 4.39. The van der Waals surface area contributed by atoms with Crippen LogP contribution in [0.4, 0.5) is 14.9 Å². The second kappa shape index (κ2) is 8.72. The molecule has 0 bridgehead atoms. The number of nitrogens with zero attached hydrogens (tertiary/aromatic N) is 1. The van der Waals surface area contributed by atoms with Crippen LogP contribution in [-0.4, -0.2) is 37.3 Å². The quantitative estimate of drug-likeness (QED) is 0.578. The highest BCUT2D eigenvalue weighted by molar-refractivity contribution is 8.13. The van der Waals surface area contributed by atoms with Crippen LogP contribution >= 0.6 is 23.1 Å². The van der Waals surface area contributed by atoms with Gasteiger partial charge in [0.1, 0.15) is 5.82 Å². The molecule has 0 saturated carbocycles. The monoisotopic (exact) mass is 418 g/mol. The number of hydrogen-bond donors (Lipinski definition) is 1. The number of benzene rings is 2. The first-order chi connectivity index (χ1) is 13.4. The smallest absolute Gasteiger partial charge is 0.285 e. The first-order valence-corrected chi connectivity index (χ1v) is 10.0. The van der Waals surface area contributed by atoms with E-state index in [1.54, 1.807) is 50.5 Å². The van der Waals surface area contributed by atoms with Crippen molar-refractivity contribution in [2.75, 3.05) is 26.5 Å². The summed E-state index contributed by atoms with van der Waals surface area (Å²) in [4.78, 5) is 27.2. The number of fused-ring (bicyclic) bond motifs is 1. The van der Waals surface area contributed by atoms with E-state index < -0.39 is 0 Å². The number of ether oxygens (including phenoxy) is 1. The maximum Gasteiger partial charge on any atom is 0.285 e. The van der Waals surface area contributed by atoms with Gasteiger partial charge in [-0.05, 0) is 48.2 Å².